The summed E-state index contributed by atoms with van der Waals surface area (Å²) >= 11 is 1.62. The van der Waals surface area contributed by atoms with Gasteiger partial charge in [-0.05, 0) is 41.7 Å². The average molecular weight is 336 g/mol. The monoisotopic (exact) mass is 336 g/mol. The first-order valence-electron chi connectivity index (χ1n) is 8.09. The molecule has 122 valence electrons. The molecule has 3 nitrogen and oxygen atoms in total. The number of nitrogens with zero attached hydrogens (tertiary/aromatic N) is 2. The van der Waals surface area contributed by atoms with Gasteiger partial charge in [0.25, 0.3) is 0 Å². The number of aryl methyl sites for hydroxylation is 1. The normalized spacial score (nSPS) is 15.6. The van der Waals surface area contributed by atoms with Gasteiger partial charge < -0.3 is 4.90 Å². The molecule has 0 spiro atoms. The van der Waals surface area contributed by atoms with Crippen LogP contribution in [0.1, 0.15) is 34.7 Å². The Morgan fingerprint density at radius 2 is 2.00 bits per heavy atom. The van der Waals surface area contributed by atoms with Gasteiger partial charge in [0.15, 0.2) is 0 Å². The largest absolute Gasteiger partial charge is 0.338 e. The van der Waals surface area contributed by atoms with Crippen molar-refractivity contribution < 1.29 is 4.79 Å². The van der Waals surface area contributed by atoms with Crippen LogP contribution in [0.5, 0.6) is 0 Å². The molecule has 1 unspecified atom stereocenters. The molecule has 1 amide bonds. The summed E-state index contributed by atoms with van der Waals surface area (Å²) in [5.41, 5.74) is 4.47. The Balaban J connectivity index is 1.53. The minimum Gasteiger partial charge on any atom is -0.338 e. The van der Waals surface area contributed by atoms with Gasteiger partial charge in [-0.15, -0.1) is 11.8 Å². The van der Waals surface area contributed by atoms with E-state index in [1.54, 1.807) is 11.8 Å². The fraction of sp³-hybridized carbons (Fsp3) is 0.300. The summed E-state index contributed by atoms with van der Waals surface area (Å²) in [5.74, 6) is 1.44. The molecule has 24 heavy (non-hydrogen) atoms. The summed E-state index contributed by atoms with van der Waals surface area (Å²) < 4.78 is 0. The average Bonchev–Trinajstić information content (AvgIpc) is 3.05. The van der Waals surface area contributed by atoms with Crippen molar-refractivity contribution in [2.24, 2.45) is 0 Å². The van der Waals surface area contributed by atoms with Crippen LogP contribution in [0.25, 0.3) is 0 Å². The van der Waals surface area contributed by atoms with E-state index in [-0.39, 0.29) is 11.9 Å². The zero-order chi connectivity index (χ0) is 16.9. The number of fused-ring (bicyclic) bond motifs is 1. The van der Waals surface area contributed by atoms with Gasteiger partial charge in [-0.1, -0.05) is 36.4 Å². The van der Waals surface area contributed by atoms with E-state index in [1.807, 2.05) is 36.2 Å². The first-order valence-corrected chi connectivity index (χ1v) is 9.25. The lowest BCUT2D eigenvalue weighted by Crippen LogP contribution is -2.31. The smallest absolute Gasteiger partial charge is 0.232 e. The van der Waals surface area contributed by atoms with Crippen molar-refractivity contribution in [2.75, 3.05) is 12.8 Å². The second-order valence-corrected chi connectivity index (χ2v) is 7.05. The van der Waals surface area contributed by atoms with Crippen LogP contribution in [0.3, 0.4) is 0 Å². The molecule has 0 fully saturated rings. The van der Waals surface area contributed by atoms with Crippen molar-refractivity contribution in [3.8, 4) is 6.07 Å². The summed E-state index contributed by atoms with van der Waals surface area (Å²) in [4.78, 5) is 14.4. The minimum absolute atomic E-state index is 0.176. The van der Waals surface area contributed by atoms with Crippen LogP contribution in [0.2, 0.25) is 0 Å². The number of amides is 1. The molecular formula is C20H20N2OS. The summed E-state index contributed by atoms with van der Waals surface area (Å²) in [6.07, 6.45) is 2.07. The molecule has 2 aromatic carbocycles. The van der Waals surface area contributed by atoms with Crippen LogP contribution in [-0.2, 0) is 17.0 Å². The molecule has 0 aliphatic heterocycles. The van der Waals surface area contributed by atoms with Crippen molar-refractivity contribution in [1.82, 2.24) is 4.90 Å². The first-order chi connectivity index (χ1) is 11.7. The molecule has 1 aliphatic rings. The van der Waals surface area contributed by atoms with Crippen molar-refractivity contribution in [2.45, 2.75) is 24.6 Å². The highest BCUT2D eigenvalue weighted by Crippen LogP contribution is 2.35. The highest BCUT2D eigenvalue weighted by Gasteiger charge is 2.27. The maximum atomic E-state index is 12.5. The number of hydrogen-bond donors (Lipinski definition) is 0. The number of nitriles is 1. The van der Waals surface area contributed by atoms with E-state index < -0.39 is 0 Å². The Kier molecular flexibility index (Phi) is 5.22. The zero-order valence-electron chi connectivity index (χ0n) is 13.7. The molecule has 0 radical (unpaired) electrons. The van der Waals surface area contributed by atoms with Gasteiger partial charge in [-0.3, -0.25) is 4.79 Å². The summed E-state index contributed by atoms with van der Waals surface area (Å²) in [5, 5.41) is 8.81. The molecule has 2 aromatic rings. The second kappa shape index (κ2) is 7.55. The van der Waals surface area contributed by atoms with Crippen LogP contribution in [0, 0.1) is 11.3 Å². The van der Waals surface area contributed by atoms with E-state index in [0.29, 0.717) is 11.3 Å². The minimum atomic E-state index is 0.176. The fourth-order valence-electron chi connectivity index (χ4n) is 3.14. The SMILES string of the molecule is CN(C(=O)CSCc1ccc(C#N)cc1)C1CCc2ccccc21. The maximum Gasteiger partial charge on any atom is 0.232 e. The Hall–Kier alpha value is -2.25. The van der Waals surface area contributed by atoms with Gasteiger partial charge in [0.1, 0.15) is 0 Å². The molecule has 0 aromatic heterocycles. The number of thioether (sulfide) groups is 1. The summed E-state index contributed by atoms with van der Waals surface area (Å²) in [7, 11) is 1.91. The highest BCUT2D eigenvalue weighted by molar-refractivity contribution is 7.99. The van der Waals surface area contributed by atoms with Crippen molar-refractivity contribution >= 4 is 17.7 Å². The van der Waals surface area contributed by atoms with Gasteiger partial charge in [0.2, 0.25) is 5.91 Å². The maximum absolute atomic E-state index is 12.5. The number of hydrogen-bond acceptors (Lipinski definition) is 3. The molecule has 0 N–H and O–H groups in total. The lowest BCUT2D eigenvalue weighted by atomic mass is 10.1. The molecule has 4 heteroatoms. The Morgan fingerprint density at radius 1 is 1.25 bits per heavy atom. The van der Waals surface area contributed by atoms with Gasteiger partial charge in [0, 0.05) is 12.8 Å². The quantitative estimate of drug-likeness (QED) is 0.831. The van der Waals surface area contributed by atoms with Gasteiger partial charge in [0.05, 0.1) is 23.4 Å². The molecule has 1 aliphatic carbocycles. The molecule has 1 atom stereocenters. The third-order valence-electron chi connectivity index (χ3n) is 4.54. The lowest BCUT2D eigenvalue weighted by molar-refractivity contribution is -0.129. The van der Waals surface area contributed by atoms with Crippen molar-refractivity contribution in [3.05, 3.63) is 70.8 Å². The molecule has 0 heterocycles. The Morgan fingerprint density at radius 3 is 2.75 bits per heavy atom. The Labute approximate surface area is 147 Å². The fourth-order valence-corrected chi connectivity index (χ4v) is 4.05. The van der Waals surface area contributed by atoms with Crippen molar-refractivity contribution in [1.29, 1.82) is 5.26 Å². The molecule has 0 bridgehead atoms. The summed E-state index contributed by atoms with van der Waals surface area (Å²) in [6.45, 7) is 0. The van der Waals surface area contributed by atoms with Gasteiger partial charge >= 0.3 is 0 Å². The van der Waals surface area contributed by atoms with Gasteiger partial charge in [-0.25, -0.2) is 0 Å². The molecule has 0 saturated heterocycles. The third kappa shape index (κ3) is 3.63. The van der Waals surface area contributed by atoms with Crippen LogP contribution in [0.15, 0.2) is 48.5 Å². The first kappa shape index (κ1) is 16.6. The number of benzene rings is 2. The van der Waals surface area contributed by atoms with Crippen LogP contribution < -0.4 is 0 Å². The van der Waals surface area contributed by atoms with E-state index in [2.05, 4.69) is 30.3 Å². The van der Waals surface area contributed by atoms with Crippen molar-refractivity contribution in [3.63, 3.8) is 0 Å². The molecular weight excluding hydrogens is 316 g/mol. The number of carbonyl (C=O) groups excluding carboxylic acids is 1. The molecule has 3 rings (SSSR count). The third-order valence-corrected chi connectivity index (χ3v) is 5.53. The Bertz CT molecular complexity index is 764. The standard InChI is InChI=1S/C20H20N2OS/c1-22(19-11-10-17-4-2-3-5-18(17)19)20(23)14-24-13-16-8-6-15(12-21)7-9-16/h2-9,19H,10-11,13-14H2,1H3. The number of carbonyl (C=O) groups is 1. The van der Waals surface area contributed by atoms with E-state index in [1.165, 1.54) is 11.1 Å². The van der Waals surface area contributed by atoms with E-state index in [9.17, 15) is 4.79 Å². The van der Waals surface area contributed by atoms with Crippen LogP contribution in [-0.4, -0.2) is 23.6 Å². The van der Waals surface area contributed by atoms with E-state index in [4.69, 9.17) is 5.26 Å². The zero-order valence-corrected chi connectivity index (χ0v) is 14.6. The summed E-state index contributed by atoms with van der Waals surface area (Å²) in [6, 6.07) is 18.3. The van der Waals surface area contributed by atoms with E-state index >= 15 is 0 Å². The van der Waals surface area contributed by atoms with Gasteiger partial charge in [-0.2, -0.15) is 5.26 Å². The predicted octanol–water partition coefficient (Wildman–Crippen LogP) is 3.94. The predicted molar refractivity (Wildman–Crippen MR) is 97.6 cm³/mol. The van der Waals surface area contributed by atoms with E-state index in [0.717, 1.165) is 24.2 Å². The second-order valence-electron chi connectivity index (χ2n) is 6.06. The topological polar surface area (TPSA) is 44.1 Å². The lowest BCUT2D eigenvalue weighted by Gasteiger charge is -2.25. The molecule has 0 saturated carbocycles. The van der Waals surface area contributed by atoms with Crippen LogP contribution in [0.4, 0.5) is 0 Å². The number of rotatable bonds is 5. The van der Waals surface area contributed by atoms with Crippen LogP contribution >= 0.6 is 11.8 Å². The highest BCUT2D eigenvalue weighted by atomic mass is 32.2.